The lowest BCUT2D eigenvalue weighted by atomic mass is 9.44. The molecule has 0 heterocycles. The fourth-order valence-corrected chi connectivity index (χ4v) is 7.87. The van der Waals surface area contributed by atoms with Crippen LogP contribution in [0.2, 0.25) is 0 Å². The van der Waals surface area contributed by atoms with Crippen LogP contribution >= 0.6 is 0 Å². The van der Waals surface area contributed by atoms with E-state index in [1.54, 1.807) is 0 Å². The number of benzene rings is 1. The number of allylic oxidation sites excluding steroid dienone is 1. The van der Waals surface area contributed by atoms with Gasteiger partial charge >= 0.3 is 0 Å². The third kappa shape index (κ3) is 2.46. The molecule has 0 saturated heterocycles. The number of fused-ring (bicyclic) bond motifs is 5. The van der Waals surface area contributed by atoms with Crippen LogP contribution in [0.3, 0.4) is 0 Å². The molecule has 0 spiro atoms. The summed E-state index contributed by atoms with van der Waals surface area (Å²) >= 11 is 0. The summed E-state index contributed by atoms with van der Waals surface area (Å²) in [5, 5.41) is 0. The highest BCUT2D eigenvalue weighted by Gasteiger charge is 2.60. The Labute approximate surface area is 164 Å². The van der Waals surface area contributed by atoms with Crippen LogP contribution in [0.25, 0.3) is 0 Å². The molecule has 1 aromatic carbocycles. The van der Waals surface area contributed by atoms with E-state index >= 15 is 0 Å². The molecule has 1 aromatic rings. The van der Waals surface area contributed by atoms with E-state index in [1.165, 1.54) is 36.8 Å². The Hall–Kier alpha value is -1.37. The fourth-order valence-electron chi connectivity index (χ4n) is 7.87. The molecule has 0 aliphatic heterocycles. The second-order valence-electron chi connectivity index (χ2n) is 10.6. The first-order valence-corrected chi connectivity index (χ1v) is 11.2. The van der Waals surface area contributed by atoms with Crippen molar-refractivity contribution in [3.8, 4) is 0 Å². The predicted molar refractivity (Wildman–Crippen MR) is 110 cm³/mol. The van der Waals surface area contributed by atoms with Gasteiger partial charge in [-0.05, 0) is 90.6 Å². The maximum Gasteiger partial charge on any atom is 0.155 e. The summed E-state index contributed by atoms with van der Waals surface area (Å²) < 4.78 is 0. The molecule has 0 amide bonds. The maximum absolute atomic E-state index is 12.3. The Morgan fingerprint density at radius 2 is 1.74 bits per heavy atom. The SMILES string of the molecule is CC1CCC2C3C(c4ccccc4)CC4=CC(=O)CCC4(C)C3CCC12C. The first-order valence-electron chi connectivity index (χ1n) is 11.2. The second-order valence-corrected chi connectivity index (χ2v) is 10.6. The average Bonchev–Trinajstić information content (AvgIpc) is 2.98. The number of rotatable bonds is 1. The van der Waals surface area contributed by atoms with E-state index in [0.717, 1.165) is 42.9 Å². The number of ketones is 1. The summed E-state index contributed by atoms with van der Waals surface area (Å²) in [6, 6.07) is 11.2. The monoisotopic (exact) mass is 362 g/mol. The first-order chi connectivity index (χ1) is 12.9. The minimum Gasteiger partial charge on any atom is -0.295 e. The first kappa shape index (κ1) is 17.7. The highest BCUT2D eigenvalue weighted by atomic mass is 16.1. The van der Waals surface area contributed by atoms with Gasteiger partial charge in [-0.3, -0.25) is 4.79 Å². The summed E-state index contributed by atoms with van der Waals surface area (Å²) in [4.78, 5) is 12.3. The van der Waals surface area contributed by atoms with Gasteiger partial charge in [0, 0.05) is 6.42 Å². The van der Waals surface area contributed by atoms with Crippen molar-refractivity contribution in [2.45, 2.75) is 71.6 Å². The van der Waals surface area contributed by atoms with Gasteiger partial charge in [0.25, 0.3) is 0 Å². The quantitative estimate of drug-likeness (QED) is 0.554. The van der Waals surface area contributed by atoms with E-state index in [4.69, 9.17) is 0 Å². The standard InChI is InChI=1S/C26H34O/c1-17-9-10-22-24-21(18-7-5-4-6-8-18)16-19-15-20(27)11-13-26(19,3)23(24)12-14-25(17,22)2/h4-8,15,17,21-24H,9-14,16H2,1-3H3. The smallest absolute Gasteiger partial charge is 0.155 e. The van der Waals surface area contributed by atoms with Crippen molar-refractivity contribution >= 4 is 5.78 Å². The summed E-state index contributed by atoms with van der Waals surface area (Å²) in [5.74, 6) is 4.20. The Balaban J connectivity index is 1.63. The number of carbonyl (C=O) groups excluding carboxylic acids is 1. The second kappa shape index (κ2) is 6.06. The Morgan fingerprint density at radius 3 is 2.52 bits per heavy atom. The van der Waals surface area contributed by atoms with Gasteiger partial charge in [0.15, 0.2) is 5.78 Å². The summed E-state index contributed by atoms with van der Waals surface area (Å²) in [6.07, 6.45) is 10.6. The van der Waals surface area contributed by atoms with E-state index in [0.29, 0.717) is 17.1 Å². The number of hydrogen-bond acceptors (Lipinski definition) is 1. The van der Waals surface area contributed by atoms with Crippen molar-refractivity contribution in [1.82, 2.24) is 0 Å². The minimum atomic E-state index is 0.261. The van der Waals surface area contributed by atoms with Gasteiger partial charge in [-0.25, -0.2) is 0 Å². The van der Waals surface area contributed by atoms with Gasteiger partial charge in [-0.1, -0.05) is 56.7 Å². The predicted octanol–water partition coefficient (Wildman–Crippen LogP) is 6.55. The molecule has 0 radical (unpaired) electrons. The van der Waals surface area contributed by atoms with Crippen LogP contribution in [0.15, 0.2) is 42.0 Å². The van der Waals surface area contributed by atoms with Crippen molar-refractivity contribution in [3.63, 3.8) is 0 Å². The van der Waals surface area contributed by atoms with Gasteiger partial charge in [0.2, 0.25) is 0 Å². The third-order valence-electron chi connectivity index (χ3n) is 9.72. The van der Waals surface area contributed by atoms with Crippen LogP contribution in [0.4, 0.5) is 0 Å². The molecule has 1 nitrogen and oxygen atoms in total. The molecule has 0 bridgehead atoms. The zero-order chi connectivity index (χ0) is 18.8. The van der Waals surface area contributed by atoms with E-state index in [1.807, 2.05) is 0 Å². The van der Waals surface area contributed by atoms with Crippen molar-refractivity contribution in [1.29, 1.82) is 0 Å². The summed E-state index contributed by atoms with van der Waals surface area (Å²) in [7, 11) is 0. The highest BCUT2D eigenvalue weighted by molar-refractivity contribution is 5.91. The number of carbonyl (C=O) groups is 1. The van der Waals surface area contributed by atoms with E-state index in [9.17, 15) is 4.79 Å². The lowest BCUT2D eigenvalue weighted by molar-refractivity contribution is -0.117. The maximum atomic E-state index is 12.3. The Bertz CT molecular complexity index is 777. The third-order valence-corrected chi connectivity index (χ3v) is 9.72. The Morgan fingerprint density at radius 1 is 0.963 bits per heavy atom. The normalized spacial score (nSPS) is 46.3. The van der Waals surface area contributed by atoms with Crippen molar-refractivity contribution < 1.29 is 4.79 Å². The fraction of sp³-hybridized carbons (Fsp3) is 0.654. The van der Waals surface area contributed by atoms with E-state index < -0.39 is 0 Å². The molecule has 0 N–H and O–H groups in total. The van der Waals surface area contributed by atoms with E-state index in [2.05, 4.69) is 57.2 Å². The molecule has 0 aromatic heterocycles. The van der Waals surface area contributed by atoms with Gasteiger partial charge < -0.3 is 0 Å². The zero-order valence-electron chi connectivity index (χ0n) is 17.2. The summed E-state index contributed by atoms with van der Waals surface area (Å²) in [5.41, 5.74) is 3.77. The molecule has 3 saturated carbocycles. The molecule has 4 aliphatic carbocycles. The van der Waals surface area contributed by atoms with E-state index in [-0.39, 0.29) is 5.41 Å². The van der Waals surface area contributed by atoms with Crippen LogP contribution < -0.4 is 0 Å². The zero-order valence-corrected chi connectivity index (χ0v) is 17.2. The molecule has 4 aliphatic rings. The molecule has 7 unspecified atom stereocenters. The molecule has 3 fully saturated rings. The minimum absolute atomic E-state index is 0.261. The number of hydrogen-bond donors (Lipinski definition) is 0. The van der Waals surface area contributed by atoms with Crippen molar-refractivity contribution in [2.24, 2.45) is 34.5 Å². The van der Waals surface area contributed by atoms with Crippen LogP contribution in [0, 0.1) is 34.5 Å². The molecule has 5 rings (SSSR count). The topological polar surface area (TPSA) is 17.1 Å². The van der Waals surface area contributed by atoms with Gasteiger partial charge in [0.05, 0.1) is 0 Å². The van der Waals surface area contributed by atoms with Crippen LogP contribution in [0.5, 0.6) is 0 Å². The highest BCUT2D eigenvalue weighted by Crippen LogP contribution is 2.69. The molecular weight excluding hydrogens is 328 g/mol. The van der Waals surface area contributed by atoms with Crippen LogP contribution in [-0.4, -0.2) is 5.78 Å². The lowest BCUT2D eigenvalue weighted by Crippen LogP contribution is -2.52. The lowest BCUT2D eigenvalue weighted by Gasteiger charge is -2.60. The molecule has 144 valence electrons. The molecule has 27 heavy (non-hydrogen) atoms. The van der Waals surface area contributed by atoms with Gasteiger partial charge in [-0.15, -0.1) is 0 Å². The summed E-state index contributed by atoms with van der Waals surface area (Å²) in [6.45, 7) is 7.61. The van der Waals surface area contributed by atoms with Crippen molar-refractivity contribution in [3.05, 3.63) is 47.5 Å². The van der Waals surface area contributed by atoms with Crippen molar-refractivity contribution in [2.75, 3.05) is 0 Å². The average molecular weight is 363 g/mol. The molecule has 7 atom stereocenters. The molecular formula is C26H34O. The van der Waals surface area contributed by atoms with Gasteiger partial charge in [-0.2, -0.15) is 0 Å². The molecule has 1 heteroatoms. The van der Waals surface area contributed by atoms with Gasteiger partial charge in [0.1, 0.15) is 0 Å². The largest absolute Gasteiger partial charge is 0.295 e. The van der Waals surface area contributed by atoms with Crippen LogP contribution in [-0.2, 0) is 4.79 Å². The van der Waals surface area contributed by atoms with Crippen LogP contribution in [0.1, 0.15) is 77.2 Å². The Kier molecular flexibility index (Phi) is 3.98.